The van der Waals surface area contributed by atoms with E-state index >= 15 is 0 Å². The number of anilines is 3. The molecule has 0 atom stereocenters. The first-order valence-corrected chi connectivity index (χ1v) is 11.1. The fourth-order valence-electron chi connectivity index (χ4n) is 3.12. The molecule has 2 heterocycles. The Morgan fingerprint density at radius 2 is 2.00 bits per heavy atom. The van der Waals surface area contributed by atoms with Gasteiger partial charge in [-0.2, -0.15) is 0 Å². The molecule has 1 amide bonds. The van der Waals surface area contributed by atoms with Crippen LogP contribution >= 0.6 is 22.9 Å². The zero-order valence-electron chi connectivity index (χ0n) is 17.6. The molecule has 0 aliphatic rings. The summed E-state index contributed by atoms with van der Waals surface area (Å²) in [4.78, 5) is 17.0. The van der Waals surface area contributed by atoms with Crippen LogP contribution in [0.5, 0.6) is 0 Å². The van der Waals surface area contributed by atoms with Crippen molar-refractivity contribution in [3.8, 4) is 10.6 Å². The van der Waals surface area contributed by atoms with E-state index in [0.717, 1.165) is 23.2 Å². The maximum absolute atomic E-state index is 12.6. The van der Waals surface area contributed by atoms with E-state index in [1.165, 1.54) is 11.3 Å². The molecule has 10 heteroatoms. The van der Waals surface area contributed by atoms with Gasteiger partial charge in [-0.1, -0.05) is 41.1 Å². The normalized spacial score (nSPS) is 10.6. The highest BCUT2D eigenvalue weighted by Crippen LogP contribution is 2.34. The third-order valence-corrected chi connectivity index (χ3v) is 6.07. The Bertz CT molecular complexity index is 1340. The standard InChI is InChI=1S/C23H20ClN7OS/c1-13-4-2-7-16(28-13)12-27-21(32)14-5-3-6-15(10-14)22-30-31-23(33-22)29-19-9-8-18(26)17(11-25)20(19)24/h2-11,25H,12,26H2,1H3,(H,27,32)(H,29,31). The lowest BCUT2D eigenvalue weighted by atomic mass is 10.1. The second kappa shape index (κ2) is 9.76. The summed E-state index contributed by atoms with van der Waals surface area (Å²) in [5, 5.41) is 23.4. The van der Waals surface area contributed by atoms with Gasteiger partial charge >= 0.3 is 0 Å². The van der Waals surface area contributed by atoms with Crippen molar-refractivity contribution < 1.29 is 4.79 Å². The van der Waals surface area contributed by atoms with Gasteiger partial charge in [0.2, 0.25) is 5.13 Å². The number of nitrogen functional groups attached to an aromatic ring is 1. The van der Waals surface area contributed by atoms with Gasteiger partial charge in [-0.05, 0) is 43.3 Å². The van der Waals surface area contributed by atoms with Crippen molar-refractivity contribution in [3.63, 3.8) is 0 Å². The number of carbonyl (C=O) groups is 1. The molecule has 0 radical (unpaired) electrons. The van der Waals surface area contributed by atoms with Crippen LogP contribution in [-0.2, 0) is 6.54 Å². The van der Waals surface area contributed by atoms with Crippen molar-refractivity contribution in [1.82, 2.24) is 20.5 Å². The highest BCUT2D eigenvalue weighted by molar-refractivity contribution is 7.18. The maximum Gasteiger partial charge on any atom is 0.251 e. The summed E-state index contributed by atoms with van der Waals surface area (Å²) in [6.07, 6.45) is 1.11. The highest BCUT2D eigenvalue weighted by atomic mass is 35.5. The predicted octanol–water partition coefficient (Wildman–Crippen LogP) is 4.82. The lowest BCUT2D eigenvalue weighted by Gasteiger charge is -2.09. The number of nitrogens with one attached hydrogen (secondary N) is 3. The zero-order valence-corrected chi connectivity index (χ0v) is 19.2. The minimum Gasteiger partial charge on any atom is -0.398 e. The monoisotopic (exact) mass is 477 g/mol. The average molecular weight is 478 g/mol. The van der Waals surface area contributed by atoms with Gasteiger partial charge in [0.1, 0.15) is 5.01 Å². The molecule has 0 aliphatic heterocycles. The predicted molar refractivity (Wildman–Crippen MR) is 133 cm³/mol. The Labute approximate surface area is 199 Å². The van der Waals surface area contributed by atoms with Gasteiger partial charge in [0.15, 0.2) is 0 Å². The van der Waals surface area contributed by atoms with Gasteiger partial charge in [-0.25, -0.2) is 0 Å². The summed E-state index contributed by atoms with van der Waals surface area (Å²) < 4.78 is 0. The molecule has 0 saturated carbocycles. The second-order valence-electron chi connectivity index (χ2n) is 7.15. The van der Waals surface area contributed by atoms with Crippen LogP contribution in [0.2, 0.25) is 5.02 Å². The van der Waals surface area contributed by atoms with Gasteiger partial charge in [-0.3, -0.25) is 9.78 Å². The number of pyridine rings is 1. The lowest BCUT2D eigenvalue weighted by Crippen LogP contribution is -2.23. The first kappa shape index (κ1) is 22.4. The zero-order chi connectivity index (χ0) is 23.4. The first-order valence-electron chi connectivity index (χ1n) is 9.94. The van der Waals surface area contributed by atoms with Crippen LogP contribution in [-0.4, -0.2) is 27.3 Å². The van der Waals surface area contributed by atoms with E-state index in [4.69, 9.17) is 22.7 Å². The number of amides is 1. The van der Waals surface area contributed by atoms with Crippen LogP contribution in [0.25, 0.3) is 10.6 Å². The number of benzene rings is 2. The topological polar surface area (TPSA) is 130 Å². The van der Waals surface area contributed by atoms with E-state index in [2.05, 4.69) is 25.8 Å². The van der Waals surface area contributed by atoms with E-state index in [0.29, 0.717) is 44.2 Å². The number of rotatable bonds is 7. The summed E-state index contributed by atoms with van der Waals surface area (Å²) in [5.41, 5.74) is 10.3. The van der Waals surface area contributed by atoms with E-state index in [-0.39, 0.29) is 5.91 Å². The van der Waals surface area contributed by atoms with Crippen LogP contribution in [0.15, 0.2) is 54.6 Å². The maximum atomic E-state index is 12.6. The summed E-state index contributed by atoms with van der Waals surface area (Å²) >= 11 is 7.66. The Balaban J connectivity index is 1.48. The SMILES string of the molecule is Cc1cccc(CNC(=O)c2cccc(-c3nnc(Nc4ccc(N)c(C=N)c4Cl)s3)c2)n1. The van der Waals surface area contributed by atoms with Crippen LogP contribution in [0.1, 0.15) is 27.3 Å². The van der Waals surface area contributed by atoms with Crippen LogP contribution < -0.4 is 16.4 Å². The highest BCUT2D eigenvalue weighted by Gasteiger charge is 2.13. The third-order valence-electron chi connectivity index (χ3n) is 4.77. The fourth-order valence-corrected chi connectivity index (χ4v) is 4.15. The Morgan fingerprint density at radius 1 is 1.18 bits per heavy atom. The van der Waals surface area contributed by atoms with E-state index in [1.807, 2.05) is 31.2 Å². The van der Waals surface area contributed by atoms with Crippen LogP contribution in [0.4, 0.5) is 16.5 Å². The molecule has 4 rings (SSSR count). The number of aryl methyl sites for hydroxylation is 1. The molecule has 0 aliphatic carbocycles. The molecular weight excluding hydrogens is 458 g/mol. The fraction of sp³-hybridized carbons (Fsp3) is 0.0870. The Hall–Kier alpha value is -3.82. The largest absolute Gasteiger partial charge is 0.398 e. The number of hydrogen-bond donors (Lipinski definition) is 4. The number of nitrogens with two attached hydrogens (primary N) is 1. The summed E-state index contributed by atoms with van der Waals surface area (Å²) in [5.74, 6) is -0.198. The smallest absolute Gasteiger partial charge is 0.251 e. The van der Waals surface area contributed by atoms with Gasteiger partial charge in [0, 0.05) is 34.3 Å². The molecule has 5 N–H and O–H groups in total. The van der Waals surface area contributed by atoms with Crippen molar-refractivity contribution in [3.05, 3.63) is 82.1 Å². The molecule has 166 valence electrons. The molecule has 33 heavy (non-hydrogen) atoms. The Morgan fingerprint density at radius 3 is 2.79 bits per heavy atom. The average Bonchev–Trinajstić information content (AvgIpc) is 3.28. The summed E-state index contributed by atoms with van der Waals surface area (Å²) in [6, 6.07) is 16.3. The summed E-state index contributed by atoms with van der Waals surface area (Å²) in [7, 11) is 0. The van der Waals surface area contributed by atoms with Gasteiger partial charge in [0.25, 0.3) is 5.91 Å². The molecule has 0 saturated heterocycles. The van der Waals surface area contributed by atoms with E-state index in [9.17, 15) is 4.79 Å². The molecule has 2 aromatic heterocycles. The van der Waals surface area contributed by atoms with E-state index in [1.54, 1.807) is 30.3 Å². The van der Waals surface area contributed by atoms with Gasteiger partial charge in [0.05, 0.1) is 22.9 Å². The van der Waals surface area contributed by atoms with Crippen molar-refractivity contribution in [2.75, 3.05) is 11.1 Å². The molecule has 4 aromatic rings. The molecule has 8 nitrogen and oxygen atoms in total. The molecular formula is C23H20ClN7OS. The minimum absolute atomic E-state index is 0.198. The van der Waals surface area contributed by atoms with Crippen molar-refractivity contribution in [1.29, 1.82) is 5.41 Å². The number of hydrogen-bond acceptors (Lipinski definition) is 8. The molecule has 0 fully saturated rings. The van der Waals surface area contributed by atoms with Crippen LogP contribution in [0, 0.1) is 12.3 Å². The van der Waals surface area contributed by atoms with Gasteiger partial charge < -0.3 is 21.8 Å². The van der Waals surface area contributed by atoms with E-state index < -0.39 is 0 Å². The van der Waals surface area contributed by atoms with Crippen molar-refractivity contribution in [2.24, 2.45) is 0 Å². The number of halogens is 1. The molecule has 0 unspecified atom stereocenters. The number of aromatic nitrogens is 3. The molecule has 2 aromatic carbocycles. The third kappa shape index (κ3) is 5.16. The number of nitrogens with zero attached hydrogens (tertiary/aromatic N) is 3. The van der Waals surface area contributed by atoms with Crippen molar-refractivity contribution >= 4 is 51.6 Å². The Kier molecular flexibility index (Phi) is 6.62. The second-order valence-corrected chi connectivity index (χ2v) is 8.50. The quantitative estimate of drug-likeness (QED) is 0.223. The number of carbonyl (C=O) groups excluding carboxylic acids is 1. The van der Waals surface area contributed by atoms with Crippen molar-refractivity contribution in [2.45, 2.75) is 13.5 Å². The van der Waals surface area contributed by atoms with Crippen LogP contribution in [0.3, 0.4) is 0 Å². The molecule has 0 bridgehead atoms. The molecule has 0 spiro atoms. The first-order chi connectivity index (χ1) is 15.9. The minimum atomic E-state index is -0.198. The van der Waals surface area contributed by atoms with Gasteiger partial charge in [-0.15, -0.1) is 10.2 Å². The lowest BCUT2D eigenvalue weighted by molar-refractivity contribution is 0.0950. The summed E-state index contributed by atoms with van der Waals surface area (Å²) in [6.45, 7) is 2.26.